The van der Waals surface area contributed by atoms with E-state index in [0.717, 1.165) is 37.3 Å². The molecule has 7 nitrogen and oxygen atoms in total. The fourth-order valence-corrected chi connectivity index (χ4v) is 4.08. The molecule has 3 heterocycles. The van der Waals surface area contributed by atoms with Crippen molar-refractivity contribution in [1.82, 2.24) is 20.4 Å². The second-order valence-corrected chi connectivity index (χ2v) is 7.34. The lowest BCUT2D eigenvalue weighted by Gasteiger charge is -2.39. The first-order chi connectivity index (χ1) is 12.5. The highest BCUT2D eigenvalue weighted by Crippen LogP contribution is 2.28. The molecular weight excluding hydrogens is 332 g/mol. The first-order valence-corrected chi connectivity index (χ1v) is 9.27. The van der Waals surface area contributed by atoms with Crippen LogP contribution >= 0.6 is 0 Å². The summed E-state index contributed by atoms with van der Waals surface area (Å²) in [5.41, 5.74) is 2.77. The van der Waals surface area contributed by atoms with E-state index in [2.05, 4.69) is 28.5 Å². The Morgan fingerprint density at radius 1 is 1.23 bits per heavy atom. The van der Waals surface area contributed by atoms with Crippen LogP contribution in [0.1, 0.15) is 41.3 Å². The van der Waals surface area contributed by atoms with Gasteiger partial charge in [0.1, 0.15) is 6.04 Å². The van der Waals surface area contributed by atoms with Gasteiger partial charge in [0.25, 0.3) is 5.91 Å². The highest BCUT2D eigenvalue weighted by Gasteiger charge is 2.39. The van der Waals surface area contributed by atoms with Gasteiger partial charge in [-0.2, -0.15) is 0 Å². The van der Waals surface area contributed by atoms with Gasteiger partial charge in [-0.15, -0.1) is 0 Å². The molecule has 3 aliphatic heterocycles. The predicted octanol–water partition coefficient (Wildman–Crippen LogP) is 0.241. The molecule has 3 amide bonds. The van der Waals surface area contributed by atoms with Gasteiger partial charge < -0.3 is 10.2 Å². The maximum atomic E-state index is 12.8. The average molecular weight is 356 g/mol. The second-order valence-electron chi connectivity index (χ2n) is 7.34. The maximum absolute atomic E-state index is 12.8. The number of benzene rings is 1. The zero-order valence-corrected chi connectivity index (χ0v) is 15.0. The monoisotopic (exact) mass is 356 g/mol. The molecule has 1 unspecified atom stereocenters. The first kappa shape index (κ1) is 17.2. The van der Waals surface area contributed by atoms with Crippen LogP contribution in [0.15, 0.2) is 18.2 Å². The lowest BCUT2D eigenvalue weighted by Crippen LogP contribution is -2.57. The highest BCUT2D eigenvalue weighted by atomic mass is 16.2. The number of likely N-dealkylation sites (N-methyl/N-ethyl adjacent to an activating group) is 1. The van der Waals surface area contributed by atoms with E-state index in [1.54, 1.807) is 4.90 Å². The maximum Gasteiger partial charge on any atom is 0.255 e. The van der Waals surface area contributed by atoms with Crippen LogP contribution in [0.4, 0.5) is 0 Å². The number of piperidine rings is 1. The van der Waals surface area contributed by atoms with Crippen LogP contribution < -0.4 is 10.6 Å². The van der Waals surface area contributed by atoms with Crippen molar-refractivity contribution in [3.8, 4) is 0 Å². The minimum Gasteiger partial charge on any atom is -0.322 e. The number of fused-ring (bicyclic) bond motifs is 1. The molecule has 0 aromatic heterocycles. The SMILES string of the molecule is CCNC1CN(Cc2ccc3c(c2)C(=O)N(C2CCC(=O)NC2=O)C3)C1. The molecule has 2 N–H and O–H groups in total. The van der Waals surface area contributed by atoms with Gasteiger partial charge in [0.15, 0.2) is 0 Å². The smallest absolute Gasteiger partial charge is 0.255 e. The molecule has 2 saturated heterocycles. The molecule has 0 aliphatic carbocycles. The van der Waals surface area contributed by atoms with E-state index >= 15 is 0 Å². The number of likely N-dealkylation sites (tertiary alicyclic amines) is 1. The number of carbonyl (C=O) groups excluding carboxylic acids is 3. The summed E-state index contributed by atoms with van der Waals surface area (Å²) in [4.78, 5) is 40.2. The third-order valence-corrected chi connectivity index (χ3v) is 5.45. The summed E-state index contributed by atoms with van der Waals surface area (Å²) < 4.78 is 0. The molecule has 2 fully saturated rings. The van der Waals surface area contributed by atoms with Crippen molar-refractivity contribution >= 4 is 17.7 Å². The first-order valence-electron chi connectivity index (χ1n) is 9.27. The molecular formula is C19H24N4O3. The molecule has 0 radical (unpaired) electrons. The number of nitrogens with zero attached hydrogens (tertiary/aromatic N) is 2. The van der Waals surface area contributed by atoms with E-state index in [-0.39, 0.29) is 24.1 Å². The zero-order valence-electron chi connectivity index (χ0n) is 15.0. The average Bonchev–Trinajstić information content (AvgIpc) is 2.90. The number of amides is 3. The lowest BCUT2D eigenvalue weighted by molar-refractivity contribution is -0.136. The van der Waals surface area contributed by atoms with Crippen LogP contribution in [0, 0.1) is 0 Å². The minimum absolute atomic E-state index is 0.106. The number of hydrogen-bond donors (Lipinski definition) is 2. The Kier molecular flexibility index (Phi) is 4.50. The molecule has 4 rings (SSSR count). The van der Waals surface area contributed by atoms with Crippen LogP contribution in [-0.4, -0.2) is 59.2 Å². The Balaban J connectivity index is 1.42. The fraction of sp³-hybridized carbons (Fsp3) is 0.526. The third kappa shape index (κ3) is 3.12. The molecule has 0 bridgehead atoms. The second kappa shape index (κ2) is 6.81. The third-order valence-electron chi connectivity index (χ3n) is 5.45. The summed E-state index contributed by atoms with van der Waals surface area (Å²) in [5, 5.41) is 5.77. The Labute approximate surface area is 152 Å². The van der Waals surface area contributed by atoms with Gasteiger partial charge in [-0.05, 0) is 30.2 Å². The molecule has 0 spiro atoms. The Morgan fingerprint density at radius 2 is 2.04 bits per heavy atom. The minimum atomic E-state index is -0.549. The molecule has 1 aromatic carbocycles. The molecule has 1 aromatic rings. The number of hydrogen-bond acceptors (Lipinski definition) is 5. The van der Waals surface area contributed by atoms with Crippen LogP contribution in [-0.2, 0) is 22.7 Å². The van der Waals surface area contributed by atoms with E-state index in [9.17, 15) is 14.4 Å². The molecule has 7 heteroatoms. The van der Waals surface area contributed by atoms with Crippen molar-refractivity contribution in [1.29, 1.82) is 0 Å². The lowest BCUT2D eigenvalue weighted by atomic mass is 10.0. The summed E-state index contributed by atoms with van der Waals surface area (Å²) in [5.74, 6) is -0.730. The quantitative estimate of drug-likeness (QED) is 0.739. The van der Waals surface area contributed by atoms with E-state index in [1.807, 2.05) is 12.1 Å². The van der Waals surface area contributed by atoms with Crippen molar-refractivity contribution < 1.29 is 14.4 Å². The standard InChI is InChI=1S/C19H24N4O3/c1-2-20-14-10-22(11-14)8-12-3-4-13-9-23(19(26)15(13)7-12)16-5-6-17(24)21-18(16)25/h3-4,7,14,16,20H,2,5-6,8-11H2,1H3,(H,21,24,25). The topological polar surface area (TPSA) is 81.8 Å². The number of rotatable bonds is 5. The molecule has 26 heavy (non-hydrogen) atoms. The molecule has 1 atom stereocenters. The summed E-state index contributed by atoms with van der Waals surface area (Å²) in [7, 11) is 0. The van der Waals surface area contributed by atoms with Gasteiger partial charge in [-0.1, -0.05) is 19.1 Å². The van der Waals surface area contributed by atoms with Crippen molar-refractivity contribution in [3.63, 3.8) is 0 Å². The summed E-state index contributed by atoms with van der Waals surface area (Å²) in [6.45, 7) is 6.43. The Hall–Kier alpha value is -2.25. The van der Waals surface area contributed by atoms with Gasteiger partial charge in [-0.25, -0.2) is 0 Å². The van der Waals surface area contributed by atoms with Gasteiger partial charge in [0.05, 0.1) is 0 Å². The zero-order chi connectivity index (χ0) is 18.3. The summed E-state index contributed by atoms with van der Waals surface area (Å²) in [6.07, 6.45) is 0.681. The Morgan fingerprint density at radius 3 is 2.77 bits per heavy atom. The molecule has 0 saturated carbocycles. The van der Waals surface area contributed by atoms with Crippen molar-refractivity contribution in [2.24, 2.45) is 0 Å². The van der Waals surface area contributed by atoms with Gasteiger partial charge >= 0.3 is 0 Å². The van der Waals surface area contributed by atoms with E-state index in [0.29, 0.717) is 24.6 Å². The largest absolute Gasteiger partial charge is 0.322 e. The summed E-state index contributed by atoms with van der Waals surface area (Å²) in [6, 6.07) is 6.05. The van der Waals surface area contributed by atoms with Gasteiger partial charge in [-0.3, -0.25) is 24.6 Å². The predicted molar refractivity (Wildman–Crippen MR) is 95.2 cm³/mol. The van der Waals surface area contributed by atoms with E-state index in [1.165, 1.54) is 0 Å². The number of carbonyl (C=O) groups is 3. The van der Waals surface area contributed by atoms with E-state index < -0.39 is 6.04 Å². The number of imide groups is 1. The van der Waals surface area contributed by atoms with Crippen molar-refractivity contribution in [2.45, 2.75) is 44.9 Å². The molecule has 3 aliphatic rings. The number of nitrogens with one attached hydrogen (secondary N) is 2. The van der Waals surface area contributed by atoms with Crippen LogP contribution in [0.25, 0.3) is 0 Å². The van der Waals surface area contributed by atoms with Crippen LogP contribution in [0.3, 0.4) is 0 Å². The fourth-order valence-electron chi connectivity index (χ4n) is 4.08. The Bertz CT molecular complexity index is 757. The van der Waals surface area contributed by atoms with Crippen LogP contribution in [0.5, 0.6) is 0 Å². The highest BCUT2D eigenvalue weighted by molar-refractivity contribution is 6.05. The normalized spacial score (nSPS) is 23.8. The van der Waals surface area contributed by atoms with E-state index in [4.69, 9.17) is 0 Å². The molecule has 138 valence electrons. The summed E-state index contributed by atoms with van der Waals surface area (Å²) >= 11 is 0. The van der Waals surface area contributed by atoms with Crippen molar-refractivity contribution in [2.75, 3.05) is 19.6 Å². The van der Waals surface area contributed by atoms with Crippen LogP contribution in [0.2, 0.25) is 0 Å². The van der Waals surface area contributed by atoms with Gasteiger partial charge in [0.2, 0.25) is 11.8 Å². The van der Waals surface area contributed by atoms with Gasteiger partial charge in [0, 0.05) is 44.2 Å². The van der Waals surface area contributed by atoms with Crippen molar-refractivity contribution in [3.05, 3.63) is 34.9 Å².